The van der Waals surface area contributed by atoms with E-state index in [1.807, 2.05) is 0 Å². The van der Waals surface area contributed by atoms with Gasteiger partial charge in [0, 0.05) is 16.1 Å². The molecule has 110 valence electrons. The molecule has 3 N–H and O–H groups in total. The van der Waals surface area contributed by atoms with Crippen LogP contribution in [0.15, 0.2) is 41.8 Å². The Morgan fingerprint density at radius 3 is 2.52 bits per heavy atom. The molecule has 0 radical (unpaired) electrons. The zero-order valence-corrected chi connectivity index (χ0v) is 12.7. The number of thiophene rings is 1. The van der Waals surface area contributed by atoms with Gasteiger partial charge in [0.15, 0.2) is 0 Å². The number of rotatable bonds is 4. The average molecular weight is 300 g/mol. The summed E-state index contributed by atoms with van der Waals surface area (Å²) in [6.07, 6.45) is 4.93. The quantitative estimate of drug-likeness (QED) is 0.839. The van der Waals surface area contributed by atoms with Crippen molar-refractivity contribution in [1.82, 2.24) is 5.32 Å². The molecule has 0 aliphatic heterocycles. The molecule has 1 aliphatic rings. The van der Waals surface area contributed by atoms with Crippen molar-refractivity contribution in [3.05, 3.63) is 52.2 Å². The van der Waals surface area contributed by atoms with Crippen molar-refractivity contribution < 1.29 is 4.79 Å². The molecule has 1 fully saturated rings. The molecule has 1 aliphatic carbocycles. The second-order valence-electron chi connectivity index (χ2n) is 5.63. The highest BCUT2D eigenvalue weighted by Gasteiger charge is 2.28. The molecule has 3 rings (SSSR count). The number of amides is 1. The lowest BCUT2D eigenvalue weighted by atomic mass is 9.96. The third-order valence-electron chi connectivity index (χ3n) is 4.18. The largest absolute Gasteiger partial charge is 0.399 e. The molecule has 1 saturated carbocycles. The molecular formula is C17H20N2OS. The SMILES string of the molecule is Nc1ccc(C(=O)NC(c2cccs2)C2CCCC2)cc1. The molecule has 1 heterocycles. The van der Waals surface area contributed by atoms with Crippen LogP contribution in [0, 0.1) is 5.92 Å². The summed E-state index contributed by atoms with van der Waals surface area (Å²) in [7, 11) is 0. The van der Waals surface area contributed by atoms with Crippen molar-refractivity contribution in [3.8, 4) is 0 Å². The lowest BCUT2D eigenvalue weighted by molar-refractivity contribution is 0.0923. The Labute approximate surface area is 129 Å². The molecule has 0 bridgehead atoms. The van der Waals surface area contributed by atoms with Crippen LogP contribution in [0.25, 0.3) is 0 Å². The van der Waals surface area contributed by atoms with Crippen LogP contribution >= 0.6 is 11.3 Å². The predicted octanol–water partition coefficient (Wildman–Crippen LogP) is 3.99. The van der Waals surface area contributed by atoms with Crippen LogP contribution in [0.2, 0.25) is 0 Å². The van der Waals surface area contributed by atoms with Gasteiger partial charge in [-0.05, 0) is 54.5 Å². The maximum absolute atomic E-state index is 12.5. The Hall–Kier alpha value is -1.81. The summed E-state index contributed by atoms with van der Waals surface area (Å²) in [4.78, 5) is 13.7. The van der Waals surface area contributed by atoms with Gasteiger partial charge in [0.25, 0.3) is 5.91 Å². The minimum Gasteiger partial charge on any atom is -0.399 e. The number of hydrogen-bond acceptors (Lipinski definition) is 3. The average Bonchev–Trinajstić information content (AvgIpc) is 3.19. The molecule has 1 aromatic heterocycles. The Balaban J connectivity index is 1.77. The number of benzene rings is 1. The second-order valence-corrected chi connectivity index (χ2v) is 6.61. The predicted molar refractivity (Wildman–Crippen MR) is 87.3 cm³/mol. The maximum atomic E-state index is 12.5. The highest BCUT2D eigenvalue weighted by atomic mass is 32.1. The van der Waals surface area contributed by atoms with Crippen LogP contribution in [0.3, 0.4) is 0 Å². The lowest BCUT2D eigenvalue weighted by Crippen LogP contribution is -2.32. The fraction of sp³-hybridized carbons (Fsp3) is 0.353. The van der Waals surface area contributed by atoms with Gasteiger partial charge < -0.3 is 11.1 Å². The van der Waals surface area contributed by atoms with Crippen molar-refractivity contribution in [2.75, 3.05) is 5.73 Å². The van der Waals surface area contributed by atoms with E-state index in [4.69, 9.17) is 5.73 Å². The van der Waals surface area contributed by atoms with E-state index < -0.39 is 0 Å². The van der Waals surface area contributed by atoms with E-state index in [9.17, 15) is 4.79 Å². The first kappa shape index (κ1) is 14.1. The summed E-state index contributed by atoms with van der Waals surface area (Å²) >= 11 is 1.72. The third kappa shape index (κ3) is 3.27. The van der Waals surface area contributed by atoms with Gasteiger partial charge in [-0.2, -0.15) is 0 Å². The summed E-state index contributed by atoms with van der Waals surface area (Å²) in [6, 6.07) is 11.4. The van der Waals surface area contributed by atoms with Crippen LogP contribution in [0.5, 0.6) is 0 Å². The van der Waals surface area contributed by atoms with Crippen LogP contribution in [0.4, 0.5) is 5.69 Å². The van der Waals surface area contributed by atoms with E-state index in [2.05, 4.69) is 22.8 Å². The van der Waals surface area contributed by atoms with Crippen molar-refractivity contribution >= 4 is 22.9 Å². The fourth-order valence-electron chi connectivity index (χ4n) is 3.04. The molecule has 2 aromatic rings. The lowest BCUT2D eigenvalue weighted by Gasteiger charge is -2.23. The fourth-order valence-corrected chi connectivity index (χ4v) is 3.91. The van der Waals surface area contributed by atoms with Gasteiger partial charge in [-0.15, -0.1) is 11.3 Å². The maximum Gasteiger partial charge on any atom is 0.251 e. The van der Waals surface area contributed by atoms with Gasteiger partial charge >= 0.3 is 0 Å². The highest BCUT2D eigenvalue weighted by molar-refractivity contribution is 7.10. The van der Waals surface area contributed by atoms with Crippen molar-refractivity contribution in [3.63, 3.8) is 0 Å². The molecule has 1 amide bonds. The van der Waals surface area contributed by atoms with Gasteiger partial charge in [0.1, 0.15) is 0 Å². The Bertz CT molecular complexity index is 586. The highest BCUT2D eigenvalue weighted by Crippen LogP contribution is 2.37. The smallest absolute Gasteiger partial charge is 0.251 e. The van der Waals surface area contributed by atoms with Gasteiger partial charge in [-0.25, -0.2) is 0 Å². The Kier molecular flexibility index (Phi) is 4.25. The van der Waals surface area contributed by atoms with Gasteiger partial charge in [-0.3, -0.25) is 4.79 Å². The second kappa shape index (κ2) is 6.31. The number of nitrogens with one attached hydrogen (secondary N) is 1. The molecule has 0 saturated heterocycles. The van der Waals surface area contributed by atoms with Gasteiger partial charge in [-0.1, -0.05) is 18.9 Å². The standard InChI is InChI=1S/C17H20N2OS/c18-14-9-7-13(8-10-14)17(20)19-16(12-4-1-2-5-12)15-6-3-11-21-15/h3,6-12,16H,1-2,4-5,18H2,(H,19,20). The molecule has 1 atom stereocenters. The minimum atomic E-state index is -0.0136. The molecule has 4 heteroatoms. The van der Waals surface area contributed by atoms with Crippen LogP contribution in [-0.2, 0) is 0 Å². The topological polar surface area (TPSA) is 55.1 Å². The van der Waals surface area contributed by atoms with E-state index >= 15 is 0 Å². The van der Waals surface area contributed by atoms with E-state index in [1.165, 1.54) is 30.6 Å². The Morgan fingerprint density at radius 1 is 1.19 bits per heavy atom. The first-order valence-corrected chi connectivity index (χ1v) is 8.32. The van der Waals surface area contributed by atoms with Crippen LogP contribution in [-0.4, -0.2) is 5.91 Å². The number of carbonyl (C=O) groups excluding carboxylic acids is 1. The number of anilines is 1. The summed E-state index contributed by atoms with van der Waals surface area (Å²) in [5.41, 5.74) is 7.02. The molecule has 1 aromatic carbocycles. The van der Waals surface area contributed by atoms with E-state index in [0.717, 1.165) is 0 Å². The van der Waals surface area contributed by atoms with Crippen molar-refractivity contribution in [1.29, 1.82) is 0 Å². The molecule has 3 nitrogen and oxygen atoms in total. The van der Waals surface area contributed by atoms with Crippen LogP contribution < -0.4 is 11.1 Å². The third-order valence-corrected chi connectivity index (χ3v) is 5.14. The molecule has 21 heavy (non-hydrogen) atoms. The minimum absolute atomic E-state index is 0.0136. The normalized spacial score (nSPS) is 16.8. The first-order chi connectivity index (χ1) is 10.2. The molecule has 1 unspecified atom stereocenters. The van der Waals surface area contributed by atoms with E-state index in [1.54, 1.807) is 35.6 Å². The summed E-state index contributed by atoms with van der Waals surface area (Å²) in [6.45, 7) is 0. The van der Waals surface area contributed by atoms with Crippen LogP contribution in [0.1, 0.15) is 47.0 Å². The molecular weight excluding hydrogens is 280 g/mol. The summed E-state index contributed by atoms with van der Waals surface area (Å²) in [5, 5.41) is 5.30. The van der Waals surface area contributed by atoms with Crippen molar-refractivity contribution in [2.45, 2.75) is 31.7 Å². The molecule has 0 spiro atoms. The van der Waals surface area contributed by atoms with E-state index in [0.29, 0.717) is 17.2 Å². The van der Waals surface area contributed by atoms with Gasteiger partial charge in [0.05, 0.1) is 6.04 Å². The Morgan fingerprint density at radius 2 is 1.90 bits per heavy atom. The number of carbonyl (C=O) groups is 1. The number of nitrogen functional groups attached to an aromatic ring is 1. The summed E-state index contributed by atoms with van der Waals surface area (Å²) < 4.78 is 0. The first-order valence-electron chi connectivity index (χ1n) is 7.44. The zero-order valence-electron chi connectivity index (χ0n) is 11.9. The number of nitrogens with two attached hydrogens (primary N) is 1. The van der Waals surface area contributed by atoms with Gasteiger partial charge in [0.2, 0.25) is 0 Å². The monoisotopic (exact) mass is 300 g/mol. The summed E-state index contributed by atoms with van der Waals surface area (Å²) in [5.74, 6) is 0.543. The number of hydrogen-bond donors (Lipinski definition) is 2. The van der Waals surface area contributed by atoms with E-state index in [-0.39, 0.29) is 11.9 Å². The van der Waals surface area contributed by atoms with Crippen molar-refractivity contribution in [2.24, 2.45) is 5.92 Å². The zero-order chi connectivity index (χ0) is 14.7.